The van der Waals surface area contributed by atoms with Gasteiger partial charge in [0, 0.05) is 19.3 Å². The summed E-state index contributed by atoms with van der Waals surface area (Å²) in [4.78, 5) is 38.1. The number of hydrogen-bond donors (Lipinski definition) is 0. The second-order valence-electron chi connectivity index (χ2n) is 18.9. The predicted octanol–water partition coefficient (Wildman–Crippen LogP) is 18.3. The Hall–Kier alpha value is -2.11. The van der Waals surface area contributed by atoms with Gasteiger partial charge in [0.1, 0.15) is 13.2 Å². The van der Waals surface area contributed by atoms with Crippen LogP contribution in [0.2, 0.25) is 0 Å². The fourth-order valence-corrected chi connectivity index (χ4v) is 8.24. The first kappa shape index (κ1) is 60.9. The van der Waals surface area contributed by atoms with E-state index in [0.717, 1.165) is 70.6 Å². The first-order valence-electron chi connectivity index (χ1n) is 27.8. The molecule has 0 aliphatic rings. The fraction of sp³-hybridized carbons (Fsp3) is 0.877. The van der Waals surface area contributed by atoms with Crippen molar-refractivity contribution in [1.29, 1.82) is 0 Å². The minimum Gasteiger partial charge on any atom is -0.462 e. The van der Waals surface area contributed by atoms with Crippen molar-refractivity contribution in [3.8, 4) is 0 Å². The lowest BCUT2D eigenvalue weighted by Gasteiger charge is -2.18. The van der Waals surface area contributed by atoms with Gasteiger partial charge in [-0.05, 0) is 51.4 Å². The largest absolute Gasteiger partial charge is 0.462 e. The zero-order chi connectivity index (χ0) is 45.8. The molecule has 0 amide bonds. The fourth-order valence-electron chi connectivity index (χ4n) is 8.24. The highest BCUT2D eigenvalue weighted by Gasteiger charge is 2.19. The van der Waals surface area contributed by atoms with Gasteiger partial charge in [-0.2, -0.15) is 0 Å². The lowest BCUT2D eigenvalue weighted by atomic mass is 10.0. The number of carbonyl (C=O) groups is 3. The molecular formula is C57H106O6. The van der Waals surface area contributed by atoms with Gasteiger partial charge in [-0.1, -0.05) is 257 Å². The van der Waals surface area contributed by atoms with Crippen molar-refractivity contribution in [2.45, 2.75) is 309 Å². The minimum absolute atomic E-state index is 0.0683. The van der Waals surface area contributed by atoms with Gasteiger partial charge in [-0.25, -0.2) is 0 Å². The molecule has 0 aromatic heterocycles. The molecule has 0 rings (SSSR count). The molecule has 0 radical (unpaired) electrons. The summed E-state index contributed by atoms with van der Waals surface area (Å²) in [6, 6.07) is 0. The van der Waals surface area contributed by atoms with E-state index in [1.807, 2.05) is 0 Å². The van der Waals surface area contributed by atoms with Gasteiger partial charge in [0.25, 0.3) is 0 Å². The Morgan fingerprint density at radius 1 is 0.317 bits per heavy atom. The van der Waals surface area contributed by atoms with Crippen LogP contribution in [-0.2, 0) is 28.6 Å². The molecule has 370 valence electrons. The second-order valence-corrected chi connectivity index (χ2v) is 18.9. The van der Waals surface area contributed by atoms with E-state index in [1.54, 1.807) is 0 Å². The maximum atomic E-state index is 12.8. The van der Waals surface area contributed by atoms with E-state index in [0.29, 0.717) is 19.3 Å². The predicted molar refractivity (Wildman–Crippen MR) is 270 cm³/mol. The molecule has 6 nitrogen and oxygen atoms in total. The maximum absolute atomic E-state index is 12.8. The number of ether oxygens (including phenoxy) is 3. The Kier molecular flexibility index (Phi) is 50.8. The third kappa shape index (κ3) is 50.7. The number of esters is 3. The molecular weight excluding hydrogens is 781 g/mol. The van der Waals surface area contributed by atoms with E-state index >= 15 is 0 Å². The van der Waals surface area contributed by atoms with Crippen LogP contribution in [0, 0.1) is 0 Å². The Bertz CT molecular complexity index is 1020. The smallest absolute Gasteiger partial charge is 0.306 e. The summed E-state index contributed by atoms with van der Waals surface area (Å²) in [6.07, 6.45) is 60.1. The van der Waals surface area contributed by atoms with Gasteiger partial charge < -0.3 is 14.2 Å². The zero-order valence-electron chi connectivity index (χ0n) is 42.4. The summed E-state index contributed by atoms with van der Waals surface area (Å²) < 4.78 is 16.9. The van der Waals surface area contributed by atoms with Crippen LogP contribution in [0.25, 0.3) is 0 Å². The van der Waals surface area contributed by atoms with Crippen molar-refractivity contribution in [2.24, 2.45) is 0 Å². The summed E-state index contributed by atoms with van der Waals surface area (Å²) >= 11 is 0. The van der Waals surface area contributed by atoms with Crippen LogP contribution < -0.4 is 0 Å². The van der Waals surface area contributed by atoms with Gasteiger partial charge in [-0.3, -0.25) is 14.4 Å². The molecule has 0 heterocycles. The molecule has 0 fully saturated rings. The first-order chi connectivity index (χ1) is 31.0. The van der Waals surface area contributed by atoms with Gasteiger partial charge in [0.2, 0.25) is 0 Å². The SMILES string of the molecule is CCCCC/C=C\C/C=C\CCCCCCCCCC(=O)OCC(COC(=O)CCCCCCCCCCCCCCCC)OC(=O)CCCCCCCCCCCCCCCC. The molecule has 0 aromatic rings. The molecule has 63 heavy (non-hydrogen) atoms. The third-order valence-electron chi connectivity index (χ3n) is 12.5. The standard InChI is InChI=1S/C57H106O6/c1-4-7-10-13-16-19-22-25-28-29-30-33-35-38-41-44-47-50-56(59)62-53-54(63-57(60)51-48-45-42-39-36-32-27-24-21-18-15-12-9-6-3)52-61-55(58)49-46-43-40-37-34-31-26-23-20-17-14-11-8-5-2/h16,19,25,28,54H,4-15,17-18,20-24,26-27,29-53H2,1-3H3/b19-16-,28-25-. The van der Waals surface area contributed by atoms with Crippen molar-refractivity contribution in [3.63, 3.8) is 0 Å². The van der Waals surface area contributed by atoms with Crippen LogP contribution in [0.15, 0.2) is 24.3 Å². The van der Waals surface area contributed by atoms with E-state index in [4.69, 9.17) is 14.2 Å². The van der Waals surface area contributed by atoms with Crippen LogP contribution in [0.1, 0.15) is 303 Å². The zero-order valence-corrected chi connectivity index (χ0v) is 42.4. The highest BCUT2D eigenvalue weighted by molar-refractivity contribution is 5.71. The summed E-state index contributed by atoms with van der Waals surface area (Å²) in [5.41, 5.74) is 0. The molecule has 0 aromatic carbocycles. The van der Waals surface area contributed by atoms with Gasteiger partial charge in [-0.15, -0.1) is 0 Å². The van der Waals surface area contributed by atoms with E-state index in [2.05, 4.69) is 45.1 Å². The normalized spacial score (nSPS) is 12.1. The summed E-state index contributed by atoms with van der Waals surface area (Å²) in [6.45, 7) is 6.65. The number of rotatable bonds is 51. The van der Waals surface area contributed by atoms with Crippen LogP contribution in [0.5, 0.6) is 0 Å². The molecule has 0 aliphatic carbocycles. The molecule has 0 N–H and O–H groups in total. The quantitative estimate of drug-likeness (QED) is 0.0262. The van der Waals surface area contributed by atoms with Crippen molar-refractivity contribution in [1.82, 2.24) is 0 Å². The first-order valence-corrected chi connectivity index (χ1v) is 27.8. The van der Waals surface area contributed by atoms with Crippen molar-refractivity contribution < 1.29 is 28.6 Å². The lowest BCUT2D eigenvalue weighted by Crippen LogP contribution is -2.30. The Balaban J connectivity index is 4.33. The van der Waals surface area contributed by atoms with E-state index in [-0.39, 0.29) is 31.1 Å². The number of allylic oxidation sites excluding steroid dienone is 4. The Morgan fingerprint density at radius 3 is 0.905 bits per heavy atom. The topological polar surface area (TPSA) is 78.9 Å². The number of carbonyl (C=O) groups excluding carboxylic acids is 3. The molecule has 0 aliphatic heterocycles. The maximum Gasteiger partial charge on any atom is 0.306 e. The van der Waals surface area contributed by atoms with Gasteiger partial charge in [0.05, 0.1) is 0 Å². The van der Waals surface area contributed by atoms with E-state index < -0.39 is 6.10 Å². The van der Waals surface area contributed by atoms with Crippen LogP contribution in [0.4, 0.5) is 0 Å². The highest BCUT2D eigenvalue weighted by atomic mass is 16.6. The third-order valence-corrected chi connectivity index (χ3v) is 12.5. The Morgan fingerprint density at radius 2 is 0.571 bits per heavy atom. The van der Waals surface area contributed by atoms with Gasteiger partial charge >= 0.3 is 17.9 Å². The van der Waals surface area contributed by atoms with Crippen molar-refractivity contribution in [3.05, 3.63) is 24.3 Å². The summed E-state index contributed by atoms with van der Waals surface area (Å²) in [5.74, 6) is -0.857. The molecule has 6 heteroatoms. The molecule has 0 spiro atoms. The highest BCUT2D eigenvalue weighted by Crippen LogP contribution is 2.16. The number of unbranched alkanes of at least 4 members (excludes halogenated alkanes) is 36. The summed E-state index contributed by atoms with van der Waals surface area (Å²) in [7, 11) is 0. The second kappa shape index (κ2) is 52.5. The van der Waals surface area contributed by atoms with Crippen LogP contribution in [-0.4, -0.2) is 37.2 Å². The summed E-state index contributed by atoms with van der Waals surface area (Å²) in [5, 5.41) is 0. The average molecular weight is 887 g/mol. The van der Waals surface area contributed by atoms with Crippen molar-refractivity contribution >= 4 is 17.9 Å². The van der Waals surface area contributed by atoms with Crippen LogP contribution in [0.3, 0.4) is 0 Å². The molecule has 1 atom stereocenters. The lowest BCUT2D eigenvalue weighted by molar-refractivity contribution is -0.167. The van der Waals surface area contributed by atoms with E-state index in [9.17, 15) is 14.4 Å². The molecule has 1 unspecified atom stereocenters. The number of hydrogen-bond acceptors (Lipinski definition) is 6. The molecule has 0 bridgehead atoms. The van der Waals surface area contributed by atoms with Crippen molar-refractivity contribution in [2.75, 3.05) is 13.2 Å². The Labute approximate surface area is 392 Å². The van der Waals surface area contributed by atoms with E-state index in [1.165, 1.54) is 193 Å². The molecule has 0 saturated heterocycles. The molecule has 0 saturated carbocycles. The minimum atomic E-state index is -0.768. The van der Waals surface area contributed by atoms with Gasteiger partial charge in [0.15, 0.2) is 6.10 Å². The monoisotopic (exact) mass is 887 g/mol. The average Bonchev–Trinajstić information content (AvgIpc) is 3.28. The van der Waals surface area contributed by atoms with Crippen LogP contribution >= 0.6 is 0 Å².